The minimum Gasteiger partial charge on any atom is -0.450 e. The summed E-state index contributed by atoms with van der Waals surface area (Å²) in [4.78, 5) is 24.0. The molecule has 0 spiro atoms. The van der Waals surface area contributed by atoms with Gasteiger partial charge in [0.05, 0.1) is 16.0 Å². The Bertz CT molecular complexity index is 1550. The Morgan fingerprint density at radius 3 is 2.50 bits per heavy atom. The molecule has 11 heteroatoms. The van der Waals surface area contributed by atoms with E-state index in [2.05, 4.69) is 10.5 Å². The number of hydrazone groups is 1. The maximum atomic E-state index is 13.0. The number of hydrogen-bond acceptors (Lipinski definition) is 7. The van der Waals surface area contributed by atoms with E-state index in [1.165, 1.54) is 46.9 Å². The van der Waals surface area contributed by atoms with Gasteiger partial charge in [-0.3, -0.25) is 14.9 Å². The van der Waals surface area contributed by atoms with E-state index in [1.54, 1.807) is 6.07 Å². The monoisotopic (exact) mass is 564 g/mol. The van der Waals surface area contributed by atoms with Crippen molar-refractivity contribution in [3.63, 3.8) is 0 Å². The number of amides is 1. The van der Waals surface area contributed by atoms with Gasteiger partial charge in [-0.1, -0.05) is 38.5 Å². The standard InChI is InChI=1S/C29H32N4O6S/c1-20(2)25-12-10-21(3)16-28(25)39-27-13-11-22(17-26(27)33(35)36)19-30-31-29(34)23-8-7-9-24(18-23)40(37,38)32-14-5-4-6-15-32/h7-13,16-20H,4-6,14-15H2,1-3H3,(H,31,34)/b30-19-. The summed E-state index contributed by atoms with van der Waals surface area (Å²) >= 11 is 0. The first-order chi connectivity index (χ1) is 19.1. The van der Waals surface area contributed by atoms with Gasteiger partial charge in [0.25, 0.3) is 5.91 Å². The van der Waals surface area contributed by atoms with Crippen molar-refractivity contribution in [2.75, 3.05) is 13.1 Å². The number of nitrogens with zero attached hydrogens (tertiary/aromatic N) is 3. The van der Waals surface area contributed by atoms with Gasteiger partial charge in [0.1, 0.15) is 5.75 Å². The molecule has 0 saturated carbocycles. The van der Waals surface area contributed by atoms with Gasteiger partial charge in [-0.25, -0.2) is 13.8 Å². The number of carbonyl (C=O) groups is 1. The van der Waals surface area contributed by atoms with Crippen molar-refractivity contribution >= 4 is 27.8 Å². The molecular weight excluding hydrogens is 532 g/mol. The van der Waals surface area contributed by atoms with Crippen LogP contribution < -0.4 is 10.2 Å². The first-order valence-electron chi connectivity index (χ1n) is 13.1. The molecular formula is C29H32N4O6S. The van der Waals surface area contributed by atoms with Gasteiger partial charge in [-0.2, -0.15) is 9.41 Å². The molecule has 10 nitrogen and oxygen atoms in total. The molecule has 0 radical (unpaired) electrons. The Morgan fingerprint density at radius 1 is 1.05 bits per heavy atom. The predicted molar refractivity (Wildman–Crippen MR) is 153 cm³/mol. The van der Waals surface area contributed by atoms with Gasteiger partial charge >= 0.3 is 5.69 Å². The molecule has 0 bridgehead atoms. The molecule has 1 amide bonds. The lowest BCUT2D eigenvalue weighted by Crippen LogP contribution is -2.35. The van der Waals surface area contributed by atoms with Gasteiger partial charge in [0, 0.05) is 30.3 Å². The summed E-state index contributed by atoms with van der Waals surface area (Å²) in [5, 5.41) is 15.7. The summed E-state index contributed by atoms with van der Waals surface area (Å²) in [6, 6.07) is 15.9. The number of nitro benzene ring substituents is 1. The largest absolute Gasteiger partial charge is 0.450 e. The molecule has 210 valence electrons. The molecule has 1 saturated heterocycles. The van der Waals surface area contributed by atoms with Gasteiger partial charge in [0.15, 0.2) is 0 Å². The highest BCUT2D eigenvalue weighted by Gasteiger charge is 2.26. The average molecular weight is 565 g/mol. The quantitative estimate of drug-likeness (QED) is 0.200. The fourth-order valence-electron chi connectivity index (χ4n) is 4.45. The topological polar surface area (TPSA) is 131 Å². The molecule has 40 heavy (non-hydrogen) atoms. The number of rotatable bonds is 9. The van der Waals surface area contributed by atoms with E-state index in [0.717, 1.165) is 30.4 Å². The third kappa shape index (κ3) is 6.72. The molecule has 1 aliphatic heterocycles. The average Bonchev–Trinajstić information content (AvgIpc) is 2.94. The van der Waals surface area contributed by atoms with Crippen molar-refractivity contribution in [3.8, 4) is 11.5 Å². The maximum Gasteiger partial charge on any atom is 0.312 e. The molecule has 1 N–H and O–H groups in total. The zero-order valence-corrected chi connectivity index (χ0v) is 23.5. The number of piperidine rings is 1. The maximum absolute atomic E-state index is 13.0. The van der Waals surface area contributed by atoms with E-state index in [0.29, 0.717) is 24.4 Å². The molecule has 3 aromatic rings. The van der Waals surface area contributed by atoms with Gasteiger partial charge in [-0.05, 0) is 73.2 Å². The molecule has 0 atom stereocenters. The second-order valence-electron chi connectivity index (χ2n) is 9.97. The third-order valence-corrected chi connectivity index (χ3v) is 8.51. The van der Waals surface area contributed by atoms with E-state index in [4.69, 9.17) is 4.74 Å². The first kappa shape index (κ1) is 28.9. The van der Waals surface area contributed by atoms with Crippen LogP contribution in [0, 0.1) is 17.0 Å². The van der Waals surface area contributed by atoms with Crippen LogP contribution in [0.3, 0.4) is 0 Å². The van der Waals surface area contributed by atoms with Crippen molar-refractivity contribution in [2.45, 2.75) is 50.8 Å². The van der Waals surface area contributed by atoms with E-state index >= 15 is 0 Å². The smallest absolute Gasteiger partial charge is 0.312 e. The first-order valence-corrected chi connectivity index (χ1v) is 14.5. The van der Waals surface area contributed by atoms with Gasteiger partial charge in [0.2, 0.25) is 15.8 Å². The molecule has 3 aromatic carbocycles. The number of ether oxygens (including phenoxy) is 1. The zero-order chi connectivity index (χ0) is 28.9. The lowest BCUT2D eigenvalue weighted by atomic mass is 10.0. The Hall–Kier alpha value is -4.09. The van der Waals surface area contributed by atoms with Crippen LogP contribution in [0.15, 0.2) is 70.7 Å². The van der Waals surface area contributed by atoms with Crippen LogP contribution in [0.2, 0.25) is 0 Å². The van der Waals surface area contributed by atoms with Crippen molar-refractivity contribution < 1.29 is 22.9 Å². The summed E-state index contributed by atoms with van der Waals surface area (Å²) in [5.41, 5.74) is 4.51. The Labute approximate surface area is 233 Å². The molecule has 1 heterocycles. The van der Waals surface area contributed by atoms with Crippen molar-refractivity contribution in [3.05, 3.63) is 93.0 Å². The van der Waals surface area contributed by atoms with Crippen molar-refractivity contribution in [1.82, 2.24) is 9.73 Å². The molecule has 4 rings (SSSR count). The second kappa shape index (κ2) is 12.4. The zero-order valence-electron chi connectivity index (χ0n) is 22.7. The summed E-state index contributed by atoms with van der Waals surface area (Å²) in [7, 11) is -3.69. The number of nitro groups is 1. The summed E-state index contributed by atoms with van der Waals surface area (Å²) in [5.74, 6) is 0.194. The SMILES string of the molecule is Cc1ccc(C(C)C)c(Oc2ccc(/C=N\NC(=O)c3cccc(S(=O)(=O)N4CCCCC4)c3)cc2[N+](=O)[O-])c1. The molecule has 1 fully saturated rings. The Morgan fingerprint density at radius 2 is 1.80 bits per heavy atom. The van der Waals surface area contributed by atoms with Crippen LogP contribution in [-0.4, -0.2) is 42.9 Å². The summed E-state index contributed by atoms with van der Waals surface area (Å²) in [6.07, 6.45) is 3.89. The minimum absolute atomic E-state index is 0.0477. The fourth-order valence-corrected chi connectivity index (χ4v) is 6.01. The number of hydrogen-bond donors (Lipinski definition) is 1. The highest BCUT2D eigenvalue weighted by molar-refractivity contribution is 7.89. The van der Waals surface area contributed by atoms with E-state index in [-0.39, 0.29) is 27.8 Å². The number of benzene rings is 3. The van der Waals surface area contributed by atoms with Crippen LogP contribution >= 0.6 is 0 Å². The van der Waals surface area contributed by atoms with Crippen LogP contribution in [0.5, 0.6) is 11.5 Å². The van der Waals surface area contributed by atoms with Crippen LogP contribution in [-0.2, 0) is 10.0 Å². The lowest BCUT2D eigenvalue weighted by molar-refractivity contribution is -0.385. The Balaban J connectivity index is 1.49. The van der Waals surface area contributed by atoms with Gasteiger partial charge in [-0.15, -0.1) is 0 Å². The van der Waals surface area contributed by atoms with Crippen molar-refractivity contribution in [1.29, 1.82) is 0 Å². The third-order valence-electron chi connectivity index (χ3n) is 6.62. The number of nitrogens with one attached hydrogen (secondary N) is 1. The molecule has 0 aromatic heterocycles. The predicted octanol–water partition coefficient (Wildman–Crippen LogP) is 5.76. The second-order valence-corrected chi connectivity index (χ2v) is 11.9. The molecule has 0 aliphatic carbocycles. The van der Waals surface area contributed by atoms with Crippen molar-refractivity contribution in [2.24, 2.45) is 5.10 Å². The van der Waals surface area contributed by atoms with E-state index in [9.17, 15) is 23.3 Å². The highest BCUT2D eigenvalue weighted by atomic mass is 32.2. The number of sulfonamides is 1. The number of aryl methyl sites for hydroxylation is 1. The van der Waals surface area contributed by atoms with Crippen LogP contribution in [0.1, 0.15) is 66.1 Å². The summed E-state index contributed by atoms with van der Waals surface area (Å²) < 4.78 is 33.3. The van der Waals surface area contributed by atoms with E-state index in [1.807, 2.05) is 39.0 Å². The van der Waals surface area contributed by atoms with Crippen LogP contribution in [0.4, 0.5) is 5.69 Å². The molecule has 0 unspecified atom stereocenters. The summed E-state index contributed by atoms with van der Waals surface area (Å²) in [6.45, 7) is 6.88. The normalized spacial score (nSPS) is 14.4. The highest BCUT2D eigenvalue weighted by Crippen LogP contribution is 2.36. The minimum atomic E-state index is -3.69. The van der Waals surface area contributed by atoms with Crippen LogP contribution in [0.25, 0.3) is 0 Å². The Kier molecular flexibility index (Phi) is 8.96. The number of carbonyl (C=O) groups excluding carboxylic acids is 1. The molecule has 1 aliphatic rings. The van der Waals surface area contributed by atoms with Gasteiger partial charge < -0.3 is 4.74 Å². The lowest BCUT2D eigenvalue weighted by Gasteiger charge is -2.25. The van der Waals surface area contributed by atoms with E-state index < -0.39 is 20.9 Å². The fraction of sp³-hybridized carbons (Fsp3) is 0.310.